The minimum atomic E-state index is -0.889. The third-order valence-electron chi connectivity index (χ3n) is 3.57. The largest absolute Gasteiger partial charge is 0.454 e. The van der Waals surface area contributed by atoms with Crippen molar-refractivity contribution in [2.75, 3.05) is 18.5 Å². The van der Waals surface area contributed by atoms with Crippen LogP contribution in [0.5, 0.6) is 0 Å². The van der Waals surface area contributed by atoms with Crippen molar-refractivity contribution in [2.45, 2.75) is 6.92 Å². The number of carbonyl (C=O) groups excluding carboxylic acids is 3. The zero-order valence-corrected chi connectivity index (χ0v) is 14.7. The van der Waals surface area contributed by atoms with Crippen molar-refractivity contribution in [3.8, 4) is 0 Å². The fourth-order valence-electron chi connectivity index (χ4n) is 2.18. The summed E-state index contributed by atoms with van der Waals surface area (Å²) in [5.41, 5.74) is 0.458. The fourth-order valence-corrected chi connectivity index (χ4v) is 2.18. The summed E-state index contributed by atoms with van der Waals surface area (Å²) < 4.78 is 18.2. The van der Waals surface area contributed by atoms with E-state index in [0.29, 0.717) is 11.3 Å². The van der Waals surface area contributed by atoms with Gasteiger partial charge in [-0.05, 0) is 30.7 Å². The van der Waals surface area contributed by atoms with Crippen molar-refractivity contribution in [1.82, 2.24) is 5.32 Å². The first-order valence-corrected chi connectivity index (χ1v) is 8.01. The number of benzene rings is 2. The number of nitro benzene ring substituents is 1. The van der Waals surface area contributed by atoms with E-state index >= 15 is 0 Å². The first kappa shape index (κ1) is 20.5. The molecule has 2 amide bonds. The number of halogens is 1. The number of carbonyl (C=O) groups is 3. The average Bonchev–Trinajstić information content (AvgIpc) is 2.66. The summed E-state index contributed by atoms with van der Waals surface area (Å²) in [4.78, 5) is 45.4. The number of nitrogens with one attached hydrogen (secondary N) is 2. The topological polar surface area (TPSA) is 128 Å². The highest BCUT2D eigenvalue weighted by molar-refractivity contribution is 5.97. The molecule has 0 unspecified atom stereocenters. The summed E-state index contributed by atoms with van der Waals surface area (Å²) >= 11 is 0. The Morgan fingerprint density at radius 1 is 1.18 bits per heavy atom. The average molecular weight is 389 g/mol. The van der Waals surface area contributed by atoms with Gasteiger partial charge in [-0.25, -0.2) is 4.39 Å². The van der Waals surface area contributed by atoms with Crippen molar-refractivity contribution >= 4 is 29.2 Å². The van der Waals surface area contributed by atoms with Gasteiger partial charge in [0.05, 0.1) is 10.5 Å². The third-order valence-corrected chi connectivity index (χ3v) is 3.57. The van der Waals surface area contributed by atoms with Gasteiger partial charge in [0.2, 0.25) is 0 Å². The molecule has 0 spiro atoms. The summed E-state index contributed by atoms with van der Waals surface area (Å²) in [7, 11) is 0. The Hall–Kier alpha value is -3.82. The Kier molecular flexibility index (Phi) is 6.74. The van der Waals surface area contributed by atoms with Gasteiger partial charge < -0.3 is 15.4 Å². The molecule has 2 rings (SSSR count). The minimum Gasteiger partial charge on any atom is -0.454 e. The van der Waals surface area contributed by atoms with E-state index in [1.165, 1.54) is 36.4 Å². The Bertz CT molecular complexity index is 931. The second-order valence-electron chi connectivity index (χ2n) is 5.63. The van der Waals surface area contributed by atoms with Crippen LogP contribution in [0.1, 0.15) is 15.9 Å². The summed E-state index contributed by atoms with van der Waals surface area (Å²) in [5, 5.41) is 15.3. The molecule has 0 heterocycles. The molecule has 10 heteroatoms. The number of non-ortho nitro benzene ring substituents is 1. The van der Waals surface area contributed by atoms with E-state index in [1.807, 2.05) is 0 Å². The van der Waals surface area contributed by atoms with Crippen LogP contribution in [-0.2, 0) is 14.3 Å². The summed E-state index contributed by atoms with van der Waals surface area (Å²) in [6.07, 6.45) is 0. The van der Waals surface area contributed by atoms with Crippen LogP contribution in [0.4, 0.5) is 15.8 Å². The van der Waals surface area contributed by atoms with E-state index in [9.17, 15) is 28.9 Å². The number of rotatable bonds is 7. The SMILES string of the molecule is Cc1cc([N+](=O)[O-])ccc1NC(=O)COC(=O)CNC(=O)c1ccccc1F. The lowest BCUT2D eigenvalue weighted by Crippen LogP contribution is -2.32. The van der Waals surface area contributed by atoms with Gasteiger partial charge in [-0.1, -0.05) is 12.1 Å². The van der Waals surface area contributed by atoms with Crippen LogP contribution in [0.2, 0.25) is 0 Å². The van der Waals surface area contributed by atoms with Crippen LogP contribution in [0.3, 0.4) is 0 Å². The maximum absolute atomic E-state index is 13.5. The Morgan fingerprint density at radius 2 is 1.89 bits per heavy atom. The van der Waals surface area contributed by atoms with E-state index in [1.54, 1.807) is 6.92 Å². The maximum Gasteiger partial charge on any atom is 0.325 e. The van der Waals surface area contributed by atoms with Crippen molar-refractivity contribution in [3.63, 3.8) is 0 Å². The normalized spacial score (nSPS) is 10.1. The van der Waals surface area contributed by atoms with Crippen LogP contribution < -0.4 is 10.6 Å². The molecular weight excluding hydrogens is 373 g/mol. The van der Waals surface area contributed by atoms with E-state index in [4.69, 9.17) is 4.74 Å². The van der Waals surface area contributed by atoms with Gasteiger partial charge in [0.25, 0.3) is 17.5 Å². The summed E-state index contributed by atoms with van der Waals surface area (Å²) in [6.45, 7) is 0.411. The molecule has 2 aromatic rings. The minimum absolute atomic E-state index is 0.118. The van der Waals surface area contributed by atoms with Gasteiger partial charge in [-0.15, -0.1) is 0 Å². The van der Waals surface area contributed by atoms with Crippen LogP contribution in [-0.4, -0.2) is 35.9 Å². The Morgan fingerprint density at radius 3 is 2.54 bits per heavy atom. The molecule has 0 saturated carbocycles. The van der Waals surface area contributed by atoms with E-state index in [-0.39, 0.29) is 11.3 Å². The third kappa shape index (κ3) is 5.59. The standard InChI is InChI=1S/C18H16FN3O6/c1-11-8-12(22(26)27)6-7-15(11)21-16(23)10-28-17(24)9-20-18(25)13-4-2-3-5-14(13)19/h2-8H,9-10H2,1H3,(H,20,25)(H,21,23). The molecule has 146 valence electrons. The molecular formula is C18H16FN3O6. The number of nitro groups is 1. The molecule has 0 aliphatic carbocycles. The lowest BCUT2D eigenvalue weighted by molar-refractivity contribution is -0.384. The van der Waals surface area contributed by atoms with Gasteiger partial charge in [-0.3, -0.25) is 24.5 Å². The van der Waals surface area contributed by atoms with Gasteiger partial charge in [-0.2, -0.15) is 0 Å². The van der Waals surface area contributed by atoms with Crippen LogP contribution in [0.25, 0.3) is 0 Å². The fraction of sp³-hybridized carbons (Fsp3) is 0.167. The molecule has 0 saturated heterocycles. The summed E-state index contributed by atoms with van der Waals surface area (Å²) in [6, 6.07) is 9.15. The number of nitrogens with zero attached hydrogens (tertiary/aromatic N) is 1. The number of esters is 1. The molecule has 0 aromatic heterocycles. The maximum atomic E-state index is 13.5. The summed E-state index contributed by atoms with van der Waals surface area (Å²) in [5.74, 6) is -3.07. The lowest BCUT2D eigenvalue weighted by atomic mass is 10.2. The molecule has 28 heavy (non-hydrogen) atoms. The number of hydrogen-bond donors (Lipinski definition) is 2. The van der Waals surface area contributed by atoms with E-state index < -0.39 is 41.7 Å². The van der Waals surface area contributed by atoms with Gasteiger partial charge >= 0.3 is 5.97 Å². The highest BCUT2D eigenvalue weighted by atomic mass is 19.1. The highest BCUT2D eigenvalue weighted by Gasteiger charge is 2.14. The second kappa shape index (κ2) is 9.21. The quantitative estimate of drug-likeness (QED) is 0.423. The number of ether oxygens (including phenoxy) is 1. The number of amides is 2. The highest BCUT2D eigenvalue weighted by Crippen LogP contribution is 2.21. The predicted molar refractivity (Wildman–Crippen MR) is 96.2 cm³/mol. The number of anilines is 1. The zero-order chi connectivity index (χ0) is 20.7. The lowest BCUT2D eigenvalue weighted by Gasteiger charge is -2.09. The van der Waals surface area contributed by atoms with Crippen molar-refractivity contribution in [1.29, 1.82) is 0 Å². The van der Waals surface area contributed by atoms with Crippen LogP contribution in [0, 0.1) is 22.9 Å². The zero-order valence-electron chi connectivity index (χ0n) is 14.7. The number of hydrogen-bond acceptors (Lipinski definition) is 6. The molecule has 0 aliphatic rings. The van der Waals surface area contributed by atoms with Crippen molar-refractivity contribution in [2.24, 2.45) is 0 Å². The number of aryl methyl sites for hydroxylation is 1. The molecule has 0 aliphatic heterocycles. The molecule has 0 bridgehead atoms. The first-order valence-electron chi connectivity index (χ1n) is 8.01. The van der Waals surface area contributed by atoms with E-state index in [0.717, 1.165) is 6.07 Å². The van der Waals surface area contributed by atoms with Crippen molar-refractivity contribution in [3.05, 3.63) is 69.5 Å². The second-order valence-corrected chi connectivity index (χ2v) is 5.63. The predicted octanol–water partition coefficient (Wildman–Crippen LogP) is 1.95. The molecule has 0 radical (unpaired) electrons. The van der Waals surface area contributed by atoms with Gasteiger partial charge in [0.1, 0.15) is 12.4 Å². The van der Waals surface area contributed by atoms with Crippen LogP contribution >= 0.6 is 0 Å². The Labute approximate surface area is 158 Å². The molecule has 2 N–H and O–H groups in total. The monoisotopic (exact) mass is 389 g/mol. The van der Waals surface area contributed by atoms with E-state index in [2.05, 4.69) is 10.6 Å². The van der Waals surface area contributed by atoms with Gasteiger partial charge in [0, 0.05) is 17.8 Å². The van der Waals surface area contributed by atoms with Crippen molar-refractivity contribution < 1.29 is 28.4 Å². The Balaban J connectivity index is 1.79. The first-order chi connectivity index (χ1) is 13.3. The molecule has 0 fully saturated rings. The molecule has 0 atom stereocenters. The van der Waals surface area contributed by atoms with Gasteiger partial charge in [0.15, 0.2) is 6.61 Å². The van der Waals surface area contributed by atoms with Crippen LogP contribution in [0.15, 0.2) is 42.5 Å². The molecule has 2 aromatic carbocycles. The molecule has 9 nitrogen and oxygen atoms in total. The smallest absolute Gasteiger partial charge is 0.325 e.